The van der Waals surface area contributed by atoms with Crippen molar-refractivity contribution < 1.29 is 14.3 Å². The van der Waals surface area contributed by atoms with E-state index in [2.05, 4.69) is 10.2 Å². The molecule has 1 heterocycles. The summed E-state index contributed by atoms with van der Waals surface area (Å²) in [6.45, 7) is 2.60. The number of aliphatic hydroxyl groups is 1. The molecule has 0 bridgehead atoms. The number of benzene rings is 1. The molecule has 0 radical (unpaired) electrons. The van der Waals surface area contributed by atoms with Crippen LogP contribution in [-0.2, 0) is 4.79 Å². The van der Waals surface area contributed by atoms with Crippen molar-refractivity contribution in [1.82, 2.24) is 10.2 Å². The molecule has 1 aliphatic carbocycles. The summed E-state index contributed by atoms with van der Waals surface area (Å²) < 4.78 is 13.3. The number of nitrogens with one attached hydrogen (secondary N) is 1. The number of hydrogen-bond acceptors (Lipinski definition) is 3. The topological polar surface area (TPSA) is 52.6 Å². The number of amides is 1. The van der Waals surface area contributed by atoms with Crippen LogP contribution in [0.15, 0.2) is 24.3 Å². The second kappa shape index (κ2) is 8.77. The third-order valence-electron chi connectivity index (χ3n) is 5.62. The second-order valence-electron chi connectivity index (χ2n) is 7.41. The third kappa shape index (κ3) is 5.02. The Morgan fingerprint density at radius 1 is 1.12 bits per heavy atom. The first kappa shape index (κ1) is 18.3. The minimum absolute atomic E-state index is 0.0126. The molecule has 1 amide bonds. The van der Waals surface area contributed by atoms with Crippen LogP contribution in [-0.4, -0.2) is 41.7 Å². The van der Waals surface area contributed by atoms with Crippen LogP contribution in [0, 0.1) is 11.7 Å². The quantitative estimate of drug-likeness (QED) is 0.860. The average molecular weight is 348 g/mol. The van der Waals surface area contributed by atoms with Gasteiger partial charge in [0.1, 0.15) is 5.82 Å². The van der Waals surface area contributed by atoms with E-state index in [0.717, 1.165) is 31.5 Å². The maximum atomic E-state index is 13.3. The molecule has 2 fully saturated rings. The van der Waals surface area contributed by atoms with Crippen LogP contribution in [0.1, 0.15) is 56.6 Å². The van der Waals surface area contributed by atoms with Crippen LogP contribution in [0.25, 0.3) is 0 Å². The van der Waals surface area contributed by atoms with Crippen molar-refractivity contribution in [2.24, 2.45) is 5.92 Å². The summed E-state index contributed by atoms with van der Waals surface area (Å²) in [6, 6.07) is 6.75. The molecule has 1 saturated heterocycles. The van der Waals surface area contributed by atoms with Crippen molar-refractivity contribution in [3.63, 3.8) is 0 Å². The van der Waals surface area contributed by atoms with Gasteiger partial charge in [0.15, 0.2) is 0 Å². The van der Waals surface area contributed by atoms with Gasteiger partial charge in [-0.3, -0.25) is 9.69 Å². The monoisotopic (exact) mass is 348 g/mol. The van der Waals surface area contributed by atoms with Gasteiger partial charge < -0.3 is 10.4 Å². The Labute approximate surface area is 149 Å². The number of hydrogen-bond donors (Lipinski definition) is 2. The third-order valence-corrected chi connectivity index (χ3v) is 5.62. The first-order chi connectivity index (χ1) is 12.1. The molecule has 0 spiro atoms. The van der Waals surface area contributed by atoms with Gasteiger partial charge >= 0.3 is 0 Å². The Morgan fingerprint density at radius 2 is 1.76 bits per heavy atom. The largest absolute Gasteiger partial charge is 0.393 e. The first-order valence-electron chi connectivity index (χ1n) is 9.59. The zero-order valence-corrected chi connectivity index (χ0v) is 14.8. The van der Waals surface area contributed by atoms with Crippen LogP contribution >= 0.6 is 0 Å². The van der Waals surface area contributed by atoms with Crippen LogP contribution < -0.4 is 5.32 Å². The highest BCUT2D eigenvalue weighted by Crippen LogP contribution is 2.26. The molecule has 0 unspecified atom stereocenters. The summed E-state index contributed by atoms with van der Waals surface area (Å²) in [4.78, 5) is 14.9. The van der Waals surface area contributed by atoms with Crippen LogP contribution in [0.4, 0.5) is 4.39 Å². The lowest BCUT2D eigenvalue weighted by Gasteiger charge is -2.35. The standard InChI is InChI=1S/C20H29FN2O2/c21-17-8-4-15(5-9-17)19(23-12-2-1-3-13-23)14-22-20(25)16-6-10-18(24)11-7-16/h4-5,8-9,16,18-19,24H,1-3,6-7,10-14H2,(H,22,25)/t16?,18?,19-/m1/s1. The van der Waals surface area contributed by atoms with E-state index in [9.17, 15) is 14.3 Å². The first-order valence-corrected chi connectivity index (χ1v) is 9.59. The lowest BCUT2D eigenvalue weighted by Crippen LogP contribution is -2.42. The van der Waals surface area contributed by atoms with Gasteiger partial charge in [-0.25, -0.2) is 4.39 Å². The van der Waals surface area contributed by atoms with E-state index < -0.39 is 0 Å². The van der Waals surface area contributed by atoms with Gasteiger partial charge in [0, 0.05) is 12.5 Å². The number of nitrogens with zero attached hydrogens (tertiary/aromatic N) is 1. The van der Waals surface area contributed by atoms with Gasteiger partial charge in [-0.05, 0) is 69.3 Å². The Balaban J connectivity index is 1.62. The second-order valence-corrected chi connectivity index (χ2v) is 7.41. The van der Waals surface area contributed by atoms with E-state index in [1.165, 1.54) is 31.4 Å². The van der Waals surface area contributed by atoms with Crippen molar-refractivity contribution in [1.29, 1.82) is 0 Å². The average Bonchev–Trinajstić information content (AvgIpc) is 2.64. The molecule has 138 valence electrons. The molecule has 1 aromatic carbocycles. The smallest absolute Gasteiger partial charge is 0.223 e. The van der Waals surface area contributed by atoms with Crippen LogP contribution in [0.2, 0.25) is 0 Å². The molecule has 4 nitrogen and oxygen atoms in total. The lowest BCUT2D eigenvalue weighted by atomic mass is 9.87. The maximum absolute atomic E-state index is 13.3. The van der Waals surface area contributed by atoms with E-state index in [1.54, 1.807) is 0 Å². The molecular weight excluding hydrogens is 319 g/mol. The van der Waals surface area contributed by atoms with E-state index in [0.29, 0.717) is 19.4 Å². The molecule has 1 saturated carbocycles. The summed E-state index contributed by atoms with van der Waals surface area (Å²) in [7, 11) is 0. The summed E-state index contributed by atoms with van der Waals surface area (Å²) in [5.74, 6) is -0.124. The van der Waals surface area contributed by atoms with Crippen LogP contribution in [0.3, 0.4) is 0 Å². The molecular formula is C20H29FN2O2. The summed E-state index contributed by atoms with van der Waals surface area (Å²) in [5.41, 5.74) is 1.06. The maximum Gasteiger partial charge on any atom is 0.223 e. The zero-order chi connectivity index (χ0) is 17.6. The van der Waals surface area contributed by atoms with Gasteiger partial charge in [-0.1, -0.05) is 18.6 Å². The molecule has 1 aliphatic heterocycles. The highest BCUT2D eigenvalue weighted by molar-refractivity contribution is 5.78. The molecule has 2 N–H and O–H groups in total. The highest BCUT2D eigenvalue weighted by atomic mass is 19.1. The number of likely N-dealkylation sites (tertiary alicyclic amines) is 1. The minimum Gasteiger partial charge on any atom is -0.393 e. The molecule has 1 atom stereocenters. The number of carbonyl (C=O) groups excluding carboxylic acids is 1. The Kier molecular flexibility index (Phi) is 6.43. The Hall–Kier alpha value is -1.46. The predicted octanol–water partition coefficient (Wildman–Crippen LogP) is 3.02. The SMILES string of the molecule is O=C(NC[C@H](c1ccc(F)cc1)N1CCCCC1)C1CCC(O)CC1. The molecule has 25 heavy (non-hydrogen) atoms. The Bertz CT molecular complexity index is 549. The number of carbonyl (C=O) groups is 1. The Morgan fingerprint density at radius 3 is 2.40 bits per heavy atom. The number of aliphatic hydroxyl groups excluding tert-OH is 1. The zero-order valence-electron chi connectivity index (χ0n) is 14.8. The fourth-order valence-corrected chi connectivity index (χ4v) is 4.05. The van der Waals surface area contributed by atoms with Crippen molar-refractivity contribution in [2.45, 2.75) is 57.1 Å². The van der Waals surface area contributed by atoms with Gasteiger partial charge in [0.2, 0.25) is 5.91 Å². The molecule has 3 rings (SSSR count). The molecule has 1 aromatic rings. The van der Waals surface area contributed by atoms with Gasteiger partial charge in [-0.15, -0.1) is 0 Å². The lowest BCUT2D eigenvalue weighted by molar-refractivity contribution is -0.126. The highest BCUT2D eigenvalue weighted by Gasteiger charge is 2.27. The number of piperidine rings is 1. The fourth-order valence-electron chi connectivity index (χ4n) is 4.05. The van der Waals surface area contributed by atoms with Crippen molar-refractivity contribution in [2.75, 3.05) is 19.6 Å². The fraction of sp³-hybridized carbons (Fsp3) is 0.650. The predicted molar refractivity (Wildman–Crippen MR) is 95.5 cm³/mol. The van der Waals surface area contributed by atoms with Crippen molar-refractivity contribution >= 4 is 5.91 Å². The number of halogens is 1. The molecule has 5 heteroatoms. The minimum atomic E-state index is -0.246. The van der Waals surface area contributed by atoms with E-state index >= 15 is 0 Å². The van der Waals surface area contributed by atoms with E-state index in [-0.39, 0.29) is 29.8 Å². The van der Waals surface area contributed by atoms with E-state index in [4.69, 9.17) is 0 Å². The molecule has 2 aliphatic rings. The number of rotatable bonds is 5. The van der Waals surface area contributed by atoms with Crippen LogP contribution in [0.5, 0.6) is 0 Å². The van der Waals surface area contributed by atoms with Gasteiger partial charge in [0.05, 0.1) is 12.1 Å². The summed E-state index contributed by atoms with van der Waals surface area (Å²) in [5, 5.41) is 12.7. The van der Waals surface area contributed by atoms with Crippen molar-refractivity contribution in [3.05, 3.63) is 35.6 Å². The van der Waals surface area contributed by atoms with Crippen molar-refractivity contribution in [3.8, 4) is 0 Å². The summed E-state index contributed by atoms with van der Waals surface area (Å²) in [6.07, 6.45) is 6.30. The summed E-state index contributed by atoms with van der Waals surface area (Å²) >= 11 is 0. The van der Waals surface area contributed by atoms with Gasteiger partial charge in [-0.2, -0.15) is 0 Å². The normalized spacial score (nSPS) is 26.2. The van der Waals surface area contributed by atoms with Gasteiger partial charge in [0.25, 0.3) is 0 Å². The molecule has 0 aromatic heterocycles. The van der Waals surface area contributed by atoms with E-state index in [1.807, 2.05) is 12.1 Å².